The fourth-order valence-electron chi connectivity index (χ4n) is 4.50. The van der Waals surface area contributed by atoms with Crippen molar-refractivity contribution in [3.63, 3.8) is 0 Å². The Hall–Kier alpha value is 0.531. The van der Waals surface area contributed by atoms with E-state index in [1.807, 2.05) is 0 Å². The molecule has 0 amide bonds. The van der Waals surface area contributed by atoms with Crippen LogP contribution in [0.2, 0.25) is 18.1 Å². The predicted molar refractivity (Wildman–Crippen MR) is 139 cm³/mol. The van der Waals surface area contributed by atoms with E-state index in [-0.39, 0.29) is 0 Å². The van der Waals surface area contributed by atoms with Gasteiger partial charge in [-0.1, -0.05) is 136 Å². The van der Waals surface area contributed by atoms with Crippen molar-refractivity contribution < 1.29 is 12.3 Å². The SMILES string of the molecule is CCCCCCCC[SiH]1O[SiH2]O[Si](CCCCCCCC)(CCCCCCCC)O1. The highest BCUT2D eigenvalue weighted by Crippen LogP contribution is 2.30. The molecular formula is C24H54O3Si3. The molecule has 3 nitrogen and oxygen atoms in total. The summed E-state index contributed by atoms with van der Waals surface area (Å²) in [6.45, 7) is 6.88. The molecule has 1 aliphatic rings. The molecule has 0 aromatic rings. The van der Waals surface area contributed by atoms with E-state index < -0.39 is 27.9 Å². The lowest BCUT2D eigenvalue weighted by Gasteiger charge is -2.39. The molecule has 1 rings (SSSR count). The molecule has 1 atom stereocenters. The molecule has 1 unspecified atom stereocenters. The van der Waals surface area contributed by atoms with Gasteiger partial charge in [0.05, 0.1) is 0 Å². The van der Waals surface area contributed by atoms with Gasteiger partial charge in [-0.05, 0) is 18.1 Å². The molecule has 0 saturated carbocycles. The maximum atomic E-state index is 6.83. The fraction of sp³-hybridized carbons (Fsp3) is 1.00. The van der Waals surface area contributed by atoms with Gasteiger partial charge in [0.25, 0.3) is 10.0 Å². The molecule has 1 saturated heterocycles. The average molecular weight is 475 g/mol. The maximum Gasteiger partial charge on any atom is 0.320 e. The summed E-state index contributed by atoms with van der Waals surface area (Å²) in [5, 5.41) is 0. The number of rotatable bonds is 21. The van der Waals surface area contributed by atoms with Crippen LogP contribution in [0, 0.1) is 0 Å². The highest BCUT2D eigenvalue weighted by Gasteiger charge is 2.42. The van der Waals surface area contributed by atoms with Crippen molar-refractivity contribution in [3.8, 4) is 0 Å². The Morgan fingerprint density at radius 2 is 1.00 bits per heavy atom. The monoisotopic (exact) mass is 474 g/mol. The average Bonchev–Trinajstić information content (AvgIpc) is 2.76. The zero-order valence-corrected chi connectivity index (χ0v) is 24.4. The van der Waals surface area contributed by atoms with Gasteiger partial charge in [0.2, 0.25) is 0 Å². The minimum Gasteiger partial charge on any atom is -0.422 e. The van der Waals surface area contributed by atoms with Crippen LogP contribution in [0.1, 0.15) is 136 Å². The zero-order chi connectivity index (χ0) is 21.8. The van der Waals surface area contributed by atoms with Crippen LogP contribution in [0.15, 0.2) is 0 Å². The van der Waals surface area contributed by atoms with Crippen molar-refractivity contribution >= 4 is 27.9 Å². The number of unbranched alkanes of at least 4 members (excludes halogenated alkanes) is 15. The molecule has 1 aliphatic heterocycles. The van der Waals surface area contributed by atoms with Crippen molar-refractivity contribution in [2.24, 2.45) is 0 Å². The zero-order valence-electron chi connectivity index (χ0n) is 20.9. The van der Waals surface area contributed by atoms with Gasteiger partial charge < -0.3 is 12.3 Å². The first kappa shape index (κ1) is 28.6. The van der Waals surface area contributed by atoms with E-state index in [0.717, 1.165) is 0 Å². The number of hydrogen-bond donors (Lipinski definition) is 0. The van der Waals surface area contributed by atoms with Gasteiger partial charge in [-0.25, -0.2) is 0 Å². The summed E-state index contributed by atoms with van der Waals surface area (Å²) in [5.41, 5.74) is 0. The van der Waals surface area contributed by atoms with Crippen LogP contribution in [-0.4, -0.2) is 27.9 Å². The lowest BCUT2D eigenvalue weighted by atomic mass is 10.1. The third-order valence-electron chi connectivity index (χ3n) is 6.54. The summed E-state index contributed by atoms with van der Waals surface area (Å²) in [5.74, 6) is 0. The van der Waals surface area contributed by atoms with Gasteiger partial charge in [-0.2, -0.15) is 0 Å². The largest absolute Gasteiger partial charge is 0.422 e. The van der Waals surface area contributed by atoms with E-state index in [9.17, 15) is 0 Å². The van der Waals surface area contributed by atoms with Crippen LogP contribution in [0.25, 0.3) is 0 Å². The van der Waals surface area contributed by atoms with Crippen LogP contribution in [0.3, 0.4) is 0 Å². The minimum atomic E-state index is -1.97. The summed E-state index contributed by atoms with van der Waals surface area (Å²) in [6, 6.07) is 3.71. The molecule has 0 bridgehead atoms. The Balaban J connectivity index is 2.39. The summed E-state index contributed by atoms with van der Waals surface area (Å²) >= 11 is 0. The molecule has 0 aromatic carbocycles. The van der Waals surface area contributed by atoms with Crippen molar-refractivity contribution in [2.45, 2.75) is 154 Å². The van der Waals surface area contributed by atoms with Gasteiger partial charge in [-0.15, -0.1) is 0 Å². The topological polar surface area (TPSA) is 27.7 Å². The molecule has 0 radical (unpaired) electrons. The van der Waals surface area contributed by atoms with Crippen LogP contribution in [0.4, 0.5) is 0 Å². The van der Waals surface area contributed by atoms with E-state index in [2.05, 4.69) is 20.8 Å². The summed E-state index contributed by atoms with van der Waals surface area (Å²) in [6.07, 6.45) is 24.6. The maximum absolute atomic E-state index is 6.83. The summed E-state index contributed by atoms with van der Waals surface area (Å²) in [4.78, 5) is 0. The van der Waals surface area contributed by atoms with E-state index >= 15 is 0 Å². The molecule has 1 heterocycles. The molecule has 180 valence electrons. The quantitative estimate of drug-likeness (QED) is 0.125. The first-order valence-corrected chi connectivity index (χ1v) is 18.8. The second-order valence-electron chi connectivity index (χ2n) is 9.48. The molecular weight excluding hydrogens is 421 g/mol. The third-order valence-corrected chi connectivity index (χ3v) is 17.0. The first-order valence-electron chi connectivity index (χ1n) is 13.7. The lowest BCUT2D eigenvalue weighted by molar-refractivity contribution is 0.267. The highest BCUT2D eigenvalue weighted by molar-refractivity contribution is 6.80. The molecule has 0 aliphatic carbocycles. The van der Waals surface area contributed by atoms with Crippen LogP contribution >= 0.6 is 0 Å². The van der Waals surface area contributed by atoms with Crippen molar-refractivity contribution in [3.05, 3.63) is 0 Å². The summed E-state index contributed by atoms with van der Waals surface area (Å²) < 4.78 is 19.5. The summed E-state index contributed by atoms with van der Waals surface area (Å²) in [7, 11) is -4.20. The molecule has 1 fully saturated rings. The van der Waals surface area contributed by atoms with Crippen LogP contribution in [-0.2, 0) is 12.3 Å². The standard InChI is InChI=1S/C24H54O3Si3/c1-4-7-10-13-16-19-22-29-25-28-26-30(27-29,23-20-17-14-11-8-5-2)24-21-18-15-12-9-6-3/h29H,4-24,28H2,1-3H3. The highest BCUT2D eigenvalue weighted by atomic mass is 28.5. The Kier molecular flexibility index (Phi) is 19.2. The fourth-order valence-corrected chi connectivity index (χ4v) is 16.2. The van der Waals surface area contributed by atoms with Gasteiger partial charge in [0, 0.05) is 0 Å². The van der Waals surface area contributed by atoms with E-state index in [1.54, 1.807) is 0 Å². The second kappa shape index (κ2) is 20.2. The van der Waals surface area contributed by atoms with E-state index in [0.29, 0.717) is 0 Å². The molecule has 30 heavy (non-hydrogen) atoms. The predicted octanol–water partition coefficient (Wildman–Crippen LogP) is 7.79. The van der Waals surface area contributed by atoms with E-state index in [4.69, 9.17) is 12.3 Å². The molecule has 0 aromatic heterocycles. The Morgan fingerprint density at radius 1 is 0.567 bits per heavy atom. The van der Waals surface area contributed by atoms with Crippen molar-refractivity contribution in [1.82, 2.24) is 0 Å². The Bertz CT molecular complexity index is 356. The van der Waals surface area contributed by atoms with Crippen molar-refractivity contribution in [1.29, 1.82) is 0 Å². The van der Waals surface area contributed by atoms with Crippen LogP contribution < -0.4 is 0 Å². The van der Waals surface area contributed by atoms with Crippen molar-refractivity contribution in [2.75, 3.05) is 0 Å². The molecule has 0 spiro atoms. The Morgan fingerprint density at radius 3 is 1.50 bits per heavy atom. The first-order chi connectivity index (χ1) is 14.8. The Labute approximate surface area is 194 Å². The van der Waals surface area contributed by atoms with Gasteiger partial charge >= 0.3 is 17.8 Å². The van der Waals surface area contributed by atoms with Gasteiger partial charge in [0.1, 0.15) is 0 Å². The number of hydrogen-bond acceptors (Lipinski definition) is 3. The van der Waals surface area contributed by atoms with Gasteiger partial charge in [0.15, 0.2) is 0 Å². The normalized spacial score (nSPS) is 19.5. The molecule has 0 N–H and O–H groups in total. The smallest absolute Gasteiger partial charge is 0.320 e. The lowest BCUT2D eigenvalue weighted by Crippen LogP contribution is -2.53. The minimum absolute atomic E-state index is 0.787. The van der Waals surface area contributed by atoms with Crippen LogP contribution in [0.5, 0.6) is 0 Å². The van der Waals surface area contributed by atoms with E-state index in [1.165, 1.54) is 134 Å². The van der Waals surface area contributed by atoms with Gasteiger partial charge in [-0.3, -0.25) is 0 Å². The molecule has 6 heteroatoms. The second-order valence-corrected chi connectivity index (χ2v) is 17.4. The third kappa shape index (κ3) is 14.6.